The maximum absolute atomic E-state index is 13.4. The lowest BCUT2D eigenvalue weighted by Crippen LogP contribution is -2.33. The number of ketones is 1. The van der Waals surface area contributed by atoms with E-state index in [1.165, 1.54) is 38.1 Å². The van der Waals surface area contributed by atoms with Crippen molar-refractivity contribution in [3.05, 3.63) is 58.7 Å². The van der Waals surface area contributed by atoms with Crippen molar-refractivity contribution in [1.82, 2.24) is 24.6 Å². The van der Waals surface area contributed by atoms with E-state index in [1.54, 1.807) is 13.8 Å². The van der Waals surface area contributed by atoms with Gasteiger partial charge in [-0.3, -0.25) is 14.3 Å². The molecule has 8 nitrogen and oxygen atoms in total. The molecule has 3 aromatic rings. The van der Waals surface area contributed by atoms with Crippen LogP contribution in [0.15, 0.2) is 35.5 Å². The predicted octanol–water partition coefficient (Wildman–Crippen LogP) is 4.91. The van der Waals surface area contributed by atoms with Gasteiger partial charge < -0.3 is 9.72 Å². The molecule has 186 valence electrons. The summed E-state index contributed by atoms with van der Waals surface area (Å²) in [5, 5.41) is 9.35. The Bertz CT molecular complexity index is 1200. The van der Waals surface area contributed by atoms with E-state index >= 15 is 0 Å². The zero-order chi connectivity index (χ0) is 25.1. The van der Waals surface area contributed by atoms with E-state index in [2.05, 4.69) is 31.6 Å². The van der Waals surface area contributed by atoms with Crippen LogP contribution in [-0.2, 0) is 4.74 Å². The number of H-pyrrole nitrogens is 1. The fourth-order valence-electron chi connectivity index (χ4n) is 4.74. The second kappa shape index (κ2) is 10.8. The number of aryl methyl sites for hydroxylation is 1. The summed E-state index contributed by atoms with van der Waals surface area (Å²) in [4.78, 5) is 31.1. The average molecular weight is 496 g/mol. The molecule has 2 atom stereocenters. The first kappa shape index (κ1) is 25.2. The highest BCUT2D eigenvalue weighted by molar-refractivity contribution is 8.00. The molecule has 1 fully saturated rings. The molecule has 35 heavy (non-hydrogen) atoms. The SMILES string of the molecule is COC(=O)c1c(C)[nH]c(C(=O)[C@@H](C)Sc2nnc([C@@H](C)N3CCCCC3)n2-c2ccccc2)c1C. The Morgan fingerprint density at radius 3 is 2.40 bits per heavy atom. The highest BCUT2D eigenvalue weighted by Crippen LogP contribution is 2.32. The Morgan fingerprint density at radius 1 is 1.06 bits per heavy atom. The Balaban J connectivity index is 1.64. The lowest BCUT2D eigenvalue weighted by Gasteiger charge is -2.31. The number of aromatic nitrogens is 4. The number of benzene rings is 1. The monoisotopic (exact) mass is 495 g/mol. The molecule has 3 heterocycles. The minimum absolute atomic E-state index is 0.0982. The van der Waals surface area contributed by atoms with Crippen LogP contribution in [0.3, 0.4) is 0 Å². The molecule has 1 saturated heterocycles. The molecule has 1 aromatic carbocycles. The number of likely N-dealkylation sites (tertiary alicyclic amines) is 1. The summed E-state index contributed by atoms with van der Waals surface area (Å²) < 4.78 is 6.96. The van der Waals surface area contributed by atoms with Crippen molar-refractivity contribution in [3.8, 4) is 5.69 Å². The summed E-state index contributed by atoms with van der Waals surface area (Å²) in [6.45, 7) is 9.68. The van der Waals surface area contributed by atoms with Gasteiger partial charge in [0.25, 0.3) is 0 Å². The topological polar surface area (TPSA) is 93.1 Å². The molecule has 0 bridgehead atoms. The highest BCUT2D eigenvalue weighted by Gasteiger charge is 2.30. The molecule has 1 aliphatic rings. The number of Topliss-reactive ketones (excluding diaryl/α,β-unsaturated/α-hetero) is 1. The largest absolute Gasteiger partial charge is 0.465 e. The number of nitrogens with one attached hydrogen (secondary N) is 1. The van der Waals surface area contributed by atoms with E-state index in [9.17, 15) is 9.59 Å². The Morgan fingerprint density at radius 2 is 1.74 bits per heavy atom. The number of thioether (sulfide) groups is 1. The standard InChI is InChI=1S/C26H33N5O3S/c1-16-21(25(33)34-5)17(2)27-22(16)23(32)19(4)35-26-29-28-24(18(3)30-14-10-7-11-15-30)31(26)20-12-8-6-9-13-20/h6,8-9,12-13,18-19,27H,7,10-11,14-15H2,1-5H3/t18-,19-/m1/s1. The van der Waals surface area contributed by atoms with Crippen molar-refractivity contribution in [3.63, 3.8) is 0 Å². The van der Waals surface area contributed by atoms with Gasteiger partial charge >= 0.3 is 5.97 Å². The van der Waals surface area contributed by atoms with E-state index in [0.29, 0.717) is 27.7 Å². The van der Waals surface area contributed by atoms with Gasteiger partial charge in [0.2, 0.25) is 0 Å². The maximum atomic E-state index is 13.4. The number of carbonyl (C=O) groups is 2. The number of ether oxygens (including phenoxy) is 1. The van der Waals surface area contributed by atoms with Crippen LogP contribution in [0.5, 0.6) is 0 Å². The van der Waals surface area contributed by atoms with Gasteiger partial charge in [-0.05, 0) is 71.3 Å². The second-order valence-corrected chi connectivity index (χ2v) is 10.3. The molecule has 0 amide bonds. The Kier molecular flexibility index (Phi) is 7.76. The third-order valence-corrected chi connectivity index (χ3v) is 7.75. The summed E-state index contributed by atoms with van der Waals surface area (Å²) >= 11 is 1.38. The van der Waals surface area contributed by atoms with Crippen LogP contribution in [-0.4, -0.2) is 61.9 Å². The molecule has 9 heteroatoms. The first-order valence-corrected chi connectivity index (χ1v) is 12.9. The van der Waals surface area contributed by atoms with E-state index in [1.807, 2.05) is 37.3 Å². The van der Waals surface area contributed by atoms with E-state index in [4.69, 9.17) is 4.74 Å². The first-order chi connectivity index (χ1) is 16.8. The third-order valence-electron chi connectivity index (χ3n) is 6.71. The van der Waals surface area contributed by atoms with Crippen LogP contribution in [0.25, 0.3) is 5.69 Å². The van der Waals surface area contributed by atoms with Gasteiger partial charge in [0.15, 0.2) is 16.8 Å². The van der Waals surface area contributed by atoms with Crippen molar-refractivity contribution in [2.45, 2.75) is 63.4 Å². The fourth-order valence-corrected chi connectivity index (χ4v) is 5.67. The quantitative estimate of drug-likeness (QED) is 0.270. The molecular formula is C26H33N5O3S. The number of hydrogen-bond acceptors (Lipinski definition) is 7. The molecular weight excluding hydrogens is 462 g/mol. The van der Waals surface area contributed by atoms with Crippen LogP contribution in [0.4, 0.5) is 0 Å². The normalized spacial score (nSPS) is 16.1. The zero-order valence-corrected chi connectivity index (χ0v) is 21.8. The number of esters is 1. The minimum Gasteiger partial charge on any atom is -0.465 e. The zero-order valence-electron chi connectivity index (χ0n) is 21.0. The van der Waals surface area contributed by atoms with Crippen molar-refractivity contribution >= 4 is 23.5 Å². The number of aromatic amines is 1. The van der Waals surface area contributed by atoms with Crippen molar-refractivity contribution in [1.29, 1.82) is 0 Å². The molecule has 0 radical (unpaired) electrons. The fraction of sp³-hybridized carbons (Fsp3) is 0.462. The highest BCUT2D eigenvalue weighted by atomic mass is 32.2. The molecule has 0 aliphatic carbocycles. The van der Waals surface area contributed by atoms with Crippen LogP contribution < -0.4 is 0 Å². The van der Waals surface area contributed by atoms with Gasteiger partial charge in [-0.25, -0.2) is 4.79 Å². The molecule has 0 saturated carbocycles. The van der Waals surface area contributed by atoms with Gasteiger partial charge in [-0.1, -0.05) is 36.4 Å². The summed E-state index contributed by atoms with van der Waals surface area (Å²) in [7, 11) is 1.34. The van der Waals surface area contributed by atoms with Gasteiger partial charge in [0.1, 0.15) is 0 Å². The van der Waals surface area contributed by atoms with E-state index in [-0.39, 0.29) is 11.8 Å². The molecule has 1 N–H and O–H groups in total. The van der Waals surface area contributed by atoms with Crippen molar-refractivity contribution in [2.75, 3.05) is 20.2 Å². The number of carbonyl (C=O) groups excluding carboxylic acids is 2. The van der Waals surface area contributed by atoms with Gasteiger partial charge in [-0.15, -0.1) is 10.2 Å². The molecule has 0 spiro atoms. The number of methoxy groups -OCH3 is 1. The number of para-hydroxylation sites is 1. The molecule has 0 unspecified atom stereocenters. The average Bonchev–Trinajstić information content (AvgIpc) is 3.43. The van der Waals surface area contributed by atoms with Crippen LogP contribution >= 0.6 is 11.8 Å². The second-order valence-electron chi connectivity index (χ2n) is 9.03. The first-order valence-electron chi connectivity index (χ1n) is 12.1. The molecule has 4 rings (SSSR count). The van der Waals surface area contributed by atoms with Gasteiger partial charge in [0.05, 0.1) is 29.7 Å². The lowest BCUT2D eigenvalue weighted by molar-refractivity contribution is 0.0599. The maximum Gasteiger partial charge on any atom is 0.339 e. The molecule has 2 aromatic heterocycles. The van der Waals surface area contributed by atoms with Gasteiger partial charge in [-0.2, -0.15) is 0 Å². The van der Waals surface area contributed by atoms with E-state index < -0.39 is 11.2 Å². The predicted molar refractivity (Wildman–Crippen MR) is 136 cm³/mol. The van der Waals surface area contributed by atoms with E-state index in [0.717, 1.165) is 24.6 Å². The summed E-state index contributed by atoms with van der Waals surface area (Å²) in [6, 6.07) is 10.1. The smallest absolute Gasteiger partial charge is 0.339 e. The van der Waals surface area contributed by atoms with Gasteiger partial charge in [0, 0.05) is 11.4 Å². The molecule has 1 aliphatic heterocycles. The van der Waals surface area contributed by atoms with Crippen molar-refractivity contribution in [2.24, 2.45) is 0 Å². The number of hydrogen-bond donors (Lipinski definition) is 1. The Hall–Kier alpha value is -2.91. The number of piperidine rings is 1. The minimum atomic E-state index is -0.448. The summed E-state index contributed by atoms with van der Waals surface area (Å²) in [6.07, 6.45) is 3.66. The Labute approximate surface area is 210 Å². The summed E-state index contributed by atoms with van der Waals surface area (Å²) in [5.74, 6) is 0.329. The lowest BCUT2D eigenvalue weighted by atomic mass is 10.1. The number of nitrogens with zero attached hydrogens (tertiary/aromatic N) is 4. The van der Waals surface area contributed by atoms with Crippen LogP contribution in [0.1, 0.15) is 77.1 Å². The van der Waals surface area contributed by atoms with Crippen molar-refractivity contribution < 1.29 is 14.3 Å². The summed E-state index contributed by atoms with van der Waals surface area (Å²) in [5.41, 5.74) is 3.04. The van der Waals surface area contributed by atoms with Crippen LogP contribution in [0, 0.1) is 13.8 Å². The number of rotatable bonds is 8. The van der Waals surface area contributed by atoms with Crippen LogP contribution in [0.2, 0.25) is 0 Å². The third kappa shape index (κ3) is 5.06.